The van der Waals surface area contributed by atoms with Crippen LogP contribution in [0.3, 0.4) is 0 Å². The number of hydrogen-bond donors (Lipinski definition) is 15. The maximum atomic E-state index is 14.5. The van der Waals surface area contributed by atoms with Crippen LogP contribution in [0.5, 0.6) is 0 Å². The first-order valence-electron chi connectivity index (χ1n) is 27.0. The summed E-state index contributed by atoms with van der Waals surface area (Å²) in [5, 5.41) is 50.1. The van der Waals surface area contributed by atoms with Gasteiger partial charge >= 0.3 is 5.97 Å². The Bertz CT molecular complexity index is 2660. The smallest absolute Gasteiger partial charge is 0.323 e. The van der Waals surface area contributed by atoms with E-state index in [1.54, 1.807) is 39.0 Å². The molecule has 0 aliphatic carbocycles. The van der Waals surface area contributed by atoms with Gasteiger partial charge in [0.1, 0.15) is 42.8 Å². The van der Waals surface area contributed by atoms with Crippen molar-refractivity contribution in [3.8, 4) is 0 Å². The number of aromatic nitrogens is 2. The Kier molecular flexibility index (Phi) is 28.3. The monoisotopic (exact) mass is 1150 g/mol. The number of imidazole rings is 1. The number of fused-ring (bicyclic) bond motifs is 1. The van der Waals surface area contributed by atoms with Gasteiger partial charge in [0.15, 0.2) is 5.96 Å². The van der Waals surface area contributed by atoms with Crippen LogP contribution < -0.4 is 60.2 Å². The number of aliphatic imine (C=N–C) groups is 1. The number of amides is 9. The SMILES string of the molecule is CCCN(CC(=O)O)C(=O)[C@@H](NC(=O)CN(CCN)C(=O)CNC(=O)[C@@H](NC(=O)[C@@H](NC(=O)[C@H](Cc1cnc[nH]1)NC(=O)[C@H](Cc1cccc2ccccc12)NC(=O)[C@H](C)NC(=O)[C@@H](N)CCCN=C(N)N)[C@@H](C)O)[C@@H](C)O)C(C)CC. The first kappa shape index (κ1) is 68.0. The van der Waals surface area contributed by atoms with Gasteiger partial charge in [-0.25, -0.2) is 4.98 Å². The first-order chi connectivity index (χ1) is 38.8. The van der Waals surface area contributed by atoms with Crippen molar-refractivity contribution in [1.82, 2.24) is 57.0 Å². The van der Waals surface area contributed by atoms with E-state index < -0.39 is 139 Å². The zero-order valence-electron chi connectivity index (χ0n) is 47.2. The lowest BCUT2D eigenvalue weighted by atomic mass is 9.97. The number of aliphatic hydroxyl groups is 2. The predicted octanol–water partition coefficient (Wildman–Crippen LogP) is -4.31. The number of aromatic amines is 1. The van der Waals surface area contributed by atoms with Crippen LogP contribution in [-0.2, 0) is 60.8 Å². The quantitative estimate of drug-likeness (QED) is 0.0150. The average molecular weight is 1150 g/mol. The molecule has 0 radical (unpaired) electrons. The van der Waals surface area contributed by atoms with Crippen molar-refractivity contribution >= 4 is 75.9 Å². The molecule has 0 aliphatic rings. The fourth-order valence-corrected chi connectivity index (χ4v) is 8.44. The zero-order valence-corrected chi connectivity index (χ0v) is 47.2. The van der Waals surface area contributed by atoms with Gasteiger partial charge in [-0.1, -0.05) is 69.7 Å². The average Bonchev–Trinajstić information content (AvgIpc) is 4.03. The molecule has 3 aromatic rings. The number of guanidine groups is 1. The van der Waals surface area contributed by atoms with Crippen LogP contribution in [-0.4, -0.2) is 200 Å². The molecule has 0 fully saturated rings. The summed E-state index contributed by atoms with van der Waals surface area (Å²) >= 11 is 0. The third-order valence-corrected chi connectivity index (χ3v) is 13.2. The molecule has 29 heteroatoms. The van der Waals surface area contributed by atoms with E-state index in [0.29, 0.717) is 30.5 Å². The topological polar surface area (TPSA) is 467 Å². The molecular formula is C53H82N16O13. The molecule has 82 heavy (non-hydrogen) atoms. The van der Waals surface area contributed by atoms with Crippen molar-refractivity contribution in [1.29, 1.82) is 0 Å². The van der Waals surface area contributed by atoms with E-state index in [1.807, 2.05) is 24.3 Å². The molecule has 3 rings (SSSR count). The number of aliphatic carboxylic acids is 1. The third kappa shape index (κ3) is 22.0. The largest absolute Gasteiger partial charge is 0.480 e. The van der Waals surface area contributed by atoms with E-state index in [0.717, 1.165) is 34.4 Å². The molecule has 2 aromatic carbocycles. The molecule has 0 spiro atoms. The van der Waals surface area contributed by atoms with Gasteiger partial charge in [-0.05, 0) is 62.3 Å². The number of hydrogen-bond acceptors (Lipinski definition) is 16. The molecule has 1 unspecified atom stereocenters. The maximum Gasteiger partial charge on any atom is 0.323 e. The highest BCUT2D eigenvalue weighted by atomic mass is 16.4. The van der Waals surface area contributed by atoms with Crippen LogP contribution in [0.15, 0.2) is 60.0 Å². The highest BCUT2D eigenvalue weighted by molar-refractivity contribution is 5.98. The number of rotatable bonds is 35. The van der Waals surface area contributed by atoms with Crippen LogP contribution in [0.2, 0.25) is 0 Å². The lowest BCUT2D eigenvalue weighted by molar-refractivity contribution is -0.147. The van der Waals surface area contributed by atoms with Crippen molar-refractivity contribution in [2.75, 3.05) is 45.8 Å². The summed E-state index contributed by atoms with van der Waals surface area (Å²) in [6.07, 6.45) is 0.416. The number of H-pyrrole nitrogens is 1. The Morgan fingerprint density at radius 2 is 1.33 bits per heavy atom. The van der Waals surface area contributed by atoms with E-state index in [1.165, 1.54) is 19.4 Å². The summed E-state index contributed by atoms with van der Waals surface area (Å²) in [4.78, 5) is 148. The van der Waals surface area contributed by atoms with E-state index in [9.17, 15) is 63.3 Å². The summed E-state index contributed by atoms with van der Waals surface area (Å²) in [6.45, 7) is 6.97. The lowest BCUT2D eigenvalue weighted by Crippen LogP contribution is -2.62. The highest BCUT2D eigenvalue weighted by Crippen LogP contribution is 2.20. The summed E-state index contributed by atoms with van der Waals surface area (Å²) < 4.78 is 0. The molecule has 1 heterocycles. The number of carboxylic acid groups (broad SMARTS) is 1. The second-order valence-electron chi connectivity index (χ2n) is 19.9. The van der Waals surface area contributed by atoms with E-state index in [-0.39, 0.29) is 51.4 Å². The molecule has 29 nitrogen and oxygen atoms in total. The Labute approximate surface area is 475 Å². The zero-order chi connectivity index (χ0) is 61.2. The van der Waals surface area contributed by atoms with Crippen molar-refractivity contribution in [2.24, 2.45) is 33.8 Å². The van der Waals surface area contributed by atoms with Gasteiger partial charge in [-0.2, -0.15) is 0 Å². The Morgan fingerprint density at radius 1 is 0.707 bits per heavy atom. The minimum Gasteiger partial charge on any atom is -0.480 e. The van der Waals surface area contributed by atoms with Crippen LogP contribution in [0.4, 0.5) is 0 Å². The molecule has 10 atom stereocenters. The van der Waals surface area contributed by atoms with E-state index in [2.05, 4.69) is 52.2 Å². The van der Waals surface area contributed by atoms with Crippen molar-refractivity contribution in [3.05, 3.63) is 66.2 Å². The fourth-order valence-electron chi connectivity index (χ4n) is 8.44. The minimum absolute atomic E-state index is 0.119. The normalized spacial score (nSPS) is 14.8. The van der Waals surface area contributed by atoms with Crippen LogP contribution >= 0.6 is 0 Å². The molecular weight excluding hydrogens is 1070 g/mol. The number of carbonyl (C=O) groups is 10. The second-order valence-corrected chi connectivity index (χ2v) is 19.9. The van der Waals surface area contributed by atoms with Gasteiger partial charge < -0.3 is 90.3 Å². The Morgan fingerprint density at radius 3 is 1.94 bits per heavy atom. The van der Waals surface area contributed by atoms with Gasteiger partial charge in [0, 0.05) is 50.9 Å². The number of nitrogens with two attached hydrogens (primary N) is 4. The number of nitrogens with one attached hydrogen (secondary N) is 8. The van der Waals surface area contributed by atoms with Crippen molar-refractivity contribution < 1.29 is 63.3 Å². The fraction of sp³-hybridized carbons (Fsp3) is 0.547. The van der Waals surface area contributed by atoms with Gasteiger partial charge in [0.05, 0.1) is 37.7 Å². The van der Waals surface area contributed by atoms with Crippen molar-refractivity contribution in [3.63, 3.8) is 0 Å². The van der Waals surface area contributed by atoms with E-state index >= 15 is 0 Å². The molecule has 452 valence electrons. The summed E-state index contributed by atoms with van der Waals surface area (Å²) in [5.41, 5.74) is 23.5. The standard InChI is InChI=1S/C53H82N16O13/c1-7-20-69(27-42(74)75)52(82)43(29(3)8-2)65-40(72)26-68(21-18-54)41(73)25-60-50(80)44(31(5)70)67-51(81)45(32(6)71)66-49(79)39(23-35-24-58-28-61-35)64-48(78)38(22-34-15-11-14-33-13-9-10-16-36(33)34)63-46(76)30(4)62-47(77)37(55)17-12-19-59-53(56)57/h9-11,13-16,24,28-32,37-39,43-45,70-71H,7-8,12,17-23,25-27,54-55H2,1-6H3,(H,58,61)(H,60,80)(H,62,77)(H,63,76)(H,64,78)(H,65,72)(H,66,79)(H,67,81)(H,74,75)(H4,56,57,59)/t29?,30-,31+,32+,37-,38-,39-,43-,44-,45-/m0/s1. The van der Waals surface area contributed by atoms with Crippen LogP contribution in [0, 0.1) is 5.92 Å². The number of carbonyl (C=O) groups excluding carboxylic acids is 9. The number of carboxylic acids is 1. The molecule has 0 saturated carbocycles. The third-order valence-electron chi connectivity index (χ3n) is 13.2. The van der Waals surface area contributed by atoms with E-state index in [4.69, 9.17) is 22.9 Å². The van der Waals surface area contributed by atoms with Gasteiger partial charge in [0.25, 0.3) is 0 Å². The van der Waals surface area contributed by atoms with Gasteiger partial charge in [-0.3, -0.25) is 52.9 Å². The molecule has 1 aromatic heterocycles. The predicted molar refractivity (Wildman–Crippen MR) is 301 cm³/mol. The first-order valence-corrected chi connectivity index (χ1v) is 27.0. The maximum absolute atomic E-state index is 14.5. The van der Waals surface area contributed by atoms with Gasteiger partial charge in [-0.15, -0.1) is 0 Å². The number of benzene rings is 2. The Balaban J connectivity index is 1.82. The summed E-state index contributed by atoms with van der Waals surface area (Å²) in [5.74, 6) is -9.64. The van der Waals surface area contributed by atoms with Crippen LogP contribution in [0.1, 0.15) is 78.5 Å². The molecule has 0 bridgehead atoms. The summed E-state index contributed by atoms with van der Waals surface area (Å²) in [6, 6.07) is 2.72. The van der Waals surface area contributed by atoms with Gasteiger partial charge in [0.2, 0.25) is 53.2 Å². The number of aliphatic hydroxyl groups excluding tert-OH is 2. The molecule has 9 amide bonds. The minimum atomic E-state index is -1.85. The molecule has 0 saturated heterocycles. The number of nitrogens with zero attached hydrogens (tertiary/aromatic N) is 4. The summed E-state index contributed by atoms with van der Waals surface area (Å²) in [7, 11) is 0. The van der Waals surface area contributed by atoms with Crippen molar-refractivity contribution in [2.45, 2.75) is 135 Å². The lowest BCUT2D eigenvalue weighted by Gasteiger charge is -2.30. The van der Waals surface area contributed by atoms with Crippen LogP contribution in [0.25, 0.3) is 10.8 Å². The molecule has 0 aliphatic heterocycles. The highest BCUT2D eigenvalue weighted by Gasteiger charge is 2.37. The molecule has 19 N–H and O–H groups in total. The Hall–Kier alpha value is -8.28. The second kappa shape index (κ2) is 34.1.